The summed E-state index contributed by atoms with van der Waals surface area (Å²) in [4.78, 5) is 35.0. The third kappa shape index (κ3) is 4.93. The zero-order chi connectivity index (χ0) is 23.3. The molecule has 1 aliphatic rings. The number of imidazole rings is 1. The number of hydrogen-bond acceptors (Lipinski definition) is 4. The van der Waals surface area contributed by atoms with Gasteiger partial charge in [0.05, 0.1) is 11.0 Å². The van der Waals surface area contributed by atoms with Gasteiger partial charge in [0.1, 0.15) is 18.5 Å². The molecule has 1 aromatic heterocycles. The van der Waals surface area contributed by atoms with E-state index in [0.717, 1.165) is 34.4 Å². The van der Waals surface area contributed by atoms with Crippen LogP contribution in [0.5, 0.6) is 0 Å². The minimum Gasteiger partial charge on any atom is -0.445 e. The van der Waals surface area contributed by atoms with Gasteiger partial charge in [-0.05, 0) is 48.2 Å². The van der Waals surface area contributed by atoms with Crippen LogP contribution < -0.4 is 5.32 Å². The molecule has 7 heteroatoms. The number of carbonyl (C=O) groups is 2. The van der Waals surface area contributed by atoms with Crippen molar-refractivity contribution >= 4 is 28.7 Å². The second-order valence-corrected chi connectivity index (χ2v) is 8.46. The van der Waals surface area contributed by atoms with Crippen molar-refractivity contribution in [2.45, 2.75) is 31.9 Å². The molecule has 1 atom stereocenters. The van der Waals surface area contributed by atoms with Gasteiger partial charge in [-0.25, -0.2) is 9.78 Å². The number of likely N-dealkylation sites (tertiary alicyclic amines) is 1. The molecule has 2 N–H and O–H groups in total. The highest BCUT2D eigenvalue weighted by molar-refractivity contribution is 5.96. The van der Waals surface area contributed by atoms with Crippen molar-refractivity contribution < 1.29 is 14.3 Å². The number of rotatable bonds is 6. The quantitative estimate of drug-likeness (QED) is 0.434. The summed E-state index contributed by atoms with van der Waals surface area (Å²) in [6.45, 7) is 0.708. The summed E-state index contributed by atoms with van der Waals surface area (Å²) in [6.07, 6.45) is 1.61. The van der Waals surface area contributed by atoms with Crippen LogP contribution in [0.4, 0.5) is 10.5 Å². The molecular weight excluding hydrogens is 428 g/mol. The van der Waals surface area contributed by atoms with Crippen molar-refractivity contribution in [3.8, 4) is 0 Å². The number of ether oxygens (including phenoxy) is 1. The largest absolute Gasteiger partial charge is 0.445 e. The third-order valence-corrected chi connectivity index (χ3v) is 6.03. The van der Waals surface area contributed by atoms with Crippen LogP contribution in [0.25, 0.3) is 11.0 Å². The molecule has 4 aromatic rings. The van der Waals surface area contributed by atoms with Crippen molar-refractivity contribution in [1.29, 1.82) is 0 Å². The Morgan fingerprint density at radius 3 is 2.53 bits per heavy atom. The summed E-state index contributed by atoms with van der Waals surface area (Å²) in [5.74, 6) is 0.702. The topological polar surface area (TPSA) is 87.3 Å². The number of fused-ring (bicyclic) bond motifs is 1. The highest BCUT2D eigenvalue weighted by atomic mass is 16.6. The van der Waals surface area contributed by atoms with Gasteiger partial charge in [0.2, 0.25) is 5.91 Å². The lowest BCUT2D eigenvalue weighted by Gasteiger charge is -2.23. The number of hydrogen-bond donors (Lipinski definition) is 2. The molecule has 7 nitrogen and oxygen atoms in total. The van der Waals surface area contributed by atoms with Gasteiger partial charge in [-0.15, -0.1) is 0 Å². The van der Waals surface area contributed by atoms with E-state index in [9.17, 15) is 9.59 Å². The Kier molecular flexibility index (Phi) is 6.25. The molecule has 34 heavy (non-hydrogen) atoms. The molecule has 2 heterocycles. The fraction of sp³-hybridized carbons (Fsp3) is 0.222. The molecule has 0 spiro atoms. The molecule has 1 aliphatic heterocycles. The lowest BCUT2D eigenvalue weighted by molar-refractivity contribution is -0.120. The van der Waals surface area contributed by atoms with Crippen LogP contribution in [0.15, 0.2) is 78.9 Å². The number of nitrogens with zero attached hydrogens (tertiary/aromatic N) is 2. The van der Waals surface area contributed by atoms with Gasteiger partial charge < -0.3 is 15.0 Å². The molecule has 1 fully saturated rings. The van der Waals surface area contributed by atoms with E-state index >= 15 is 0 Å². The third-order valence-electron chi connectivity index (χ3n) is 6.03. The molecule has 1 saturated heterocycles. The Bertz CT molecular complexity index is 1250. The number of H-pyrrole nitrogens is 1. The lowest BCUT2D eigenvalue weighted by Crippen LogP contribution is -2.43. The van der Waals surface area contributed by atoms with Crippen LogP contribution in [0.1, 0.15) is 29.8 Å². The molecule has 1 unspecified atom stereocenters. The predicted molar refractivity (Wildman–Crippen MR) is 130 cm³/mol. The van der Waals surface area contributed by atoms with E-state index in [1.54, 1.807) is 0 Å². The Balaban J connectivity index is 1.17. The number of benzene rings is 3. The highest BCUT2D eigenvalue weighted by Gasteiger charge is 2.35. The van der Waals surface area contributed by atoms with E-state index in [4.69, 9.17) is 4.74 Å². The summed E-state index contributed by atoms with van der Waals surface area (Å²) in [5.41, 5.74) is 4.67. The van der Waals surface area contributed by atoms with E-state index in [-0.39, 0.29) is 12.5 Å². The van der Waals surface area contributed by atoms with E-state index in [2.05, 4.69) is 15.3 Å². The first-order valence-electron chi connectivity index (χ1n) is 11.5. The predicted octanol–water partition coefficient (Wildman–Crippen LogP) is 4.89. The van der Waals surface area contributed by atoms with Crippen LogP contribution in [0.3, 0.4) is 0 Å². The summed E-state index contributed by atoms with van der Waals surface area (Å²) < 4.78 is 5.43. The molecule has 0 radical (unpaired) electrons. The number of amides is 2. The number of nitrogens with one attached hydrogen (secondary N) is 2. The number of aromatic nitrogens is 2. The van der Waals surface area contributed by atoms with Crippen molar-refractivity contribution in [2.75, 3.05) is 11.9 Å². The normalized spacial score (nSPS) is 15.4. The summed E-state index contributed by atoms with van der Waals surface area (Å²) in [6, 6.07) is 24.6. The zero-order valence-corrected chi connectivity index (χ0v) is 18.7. The Morgan fingerprint density at radius 1 is 0.971 bits per heavy atom. The van der Waals surface area contributed by atoms with Gasteiger partial charge in [-0.2, -0.15) is 0 Å². The maximum Gasteiger partial charge on any atom is 0.410 e. The average Bonchev–Trinajstić information content (AvgIpc) is 3.51. The highest BCUT2D eigenvalue weighted by Crippen LogP contribution is 2.21. The summed E-state index contributed by atoms with van der Waals surface area (Å²) in [5, 5.41) is 2.94. The van der Waals surface area contributed by atoms with Gasteiger partial charge in [-0.1, -0.05) is 54.6 Å². The monoisotopic (exact) mass is 454 g/mol. The van der Waals surface area contributed by atoms with Crippen LogP contribution in [-0.2, 0) is 22.6 Å². The molecule has 3 aromatic carbocycles. The first-order valence-corrected chi connectivity index (χ1v) is 11.5. The molecule has 172 valence electrons. The average molecular weight is 455 g/mol. The molecule has 5 rings (SSSR count). The van der Waals surface area contributed by atoms with Crippen LogP contribution in [0, 0.1) is 0 Å². The van der Waals surface area contributed by atoms with Crippen LogP contribution in [0.2, 0.25) is 0 Å². The minimum atomic E-state index is -0.529. The first kappa shape index (κ1) is 21.7. The van der Waals surface area contributed by atoms with Gasteiger partial charge in [0.15, 0.2) is 0 Å². The number of para-hydroxylation sites is 2. The van der Waals surface area contributed by atoms with Crippen LogP contribution >= 0.6 is 0 Å². The fourth-order valence-electron chi connectivity index (χ4n) is 4.27. The maximum absolute atomic E-state index is 12.9. The van der Waals surface area contributed by atoms with Crippen LogP contribution in [-0.4, -0.2) is 39.5 Å². The van der Waals surface area contributed by atoms with Crippen molar-refractivity contribution in [3.05, 3.63) is 95.8 Å². The summed E-state index contributed by atoms with van der Waals surface area (Å²) in [7, 11) is 0. The molecule has 0 bridgehead atoms. The molecule has 0 aliphatic carbocycles. The number of anilines is 1. The number of carbonyl (C=O) groups excluding carboxylic acids is 2. The molecule has 0 saturated carbocycles. The van der Waals surface area contributed by atoms with Gasteiger partial charge >= 0.3 is 6.09 Å². The Hall–Kier alpha value is -4.13. The second kappa shape index (κ2) is 9.79. The van der Waals surface area contributed by atoms with Crippen molar-refractivity contribution in [3.63, 3.8) is 0 Å². The summed E-state index contributed by atoms with van der Waals surface area (Å²) >= 11 is 0. The van der Waals surface area contributed by atoms with Crippen molar-refractivity contribution in [2.24, 2.45) is 0 Å². The molecule has 2 amide bonds. The van der Waals surface area contributed by atoms with Gasteiger partial charge in [-0.3, -0.25) is 9.69 Å². The SMILES string of the molecule is O=C(Nc1ccc(Cc2nc3ccccc3[nH]2)cc1)C1CCCN1C(=O)OCc1ccccc1. The standard InChI is InChI=1S/C27H26N4O3/c32-26(24-11-6-16-31(24)27(33)34-18-20-7-2-1-3-8-20)28-21-14-12-19(13-15-21)17-25-29-22-9-4-5-10-23(22)30-25/h1-5,7-10,12-15,24H,6,11,16-18H2,(H,28,32)(H,29,30). The van der Waals surface area contributed by atoms with E-state index in [0.29, 0.717) is 25.1 Å². The number of aromatic amines is 1. The smallest absolute Gasteiger partial charge is 0.410 e. The first-order chi connectivity index (χ1) is 16.7. The lowest BCUT2D eigenvalue weighted by atomic mass is 10.1. The minimum absolute atomic E-state index is 0.192. The van der Waals surface area contributed by atoms with Gasteiger partial charge in [0, 0.05) is 18.7 Å². The zero-order valence-electron chi connectivity index (χ0n) is 18.7. The van der Waals surface area contributed by atoms with Crippen molar-refractivity contribution in [1.82, 2.24) is 14.9 Å². The molecular formula is C27H26N4O3. The van der Waals surface area contributed by atoms with E-state index in [1.165, 1.54) is 4.90 Å². The maximum atomic E-state index is 12.9. The Labute approximate surface area is 197 Å². The second-order valence-electron chi connectivity index (χ2n) is 8.46. The van der Waals surface area contributed by atoms with Gasteiger partial charge in [0.25, 0.3) is 0 Å². The fourth-order valence-corrected chi connectivity index (χ4v) is 4.27. The van der Waals surface area contributed by atoms with E-state index < -0.39 is 12.1 Å². The van der Waals surface area contributed by atoms with E-state index in [1.807, 2.05) is 78.9 Å². The Morgan fingerprint density at radius 2 is 1.74 bits per heavy atom.